The Bertz CT molecular complexity index is 850. The first-order valence-electron chi connectivity index (χ1n) is 6.20. The van der Waals surface area contributed by atoms with Gasteiger partial charge in [0.25, 0.3) is 17.5 Å². The fourth-order valence-corrected chi connectivity index (χ4v) is 2.63. The number of hydrogen-bond acceptors (Lipinski definition) is 5. The number of halogens is 1. The molecule has 7 nitrogen and oxygen atoms in total. The minimum Gasteiger partial charge on any atom is -0.268 e. The van der Waals surface area contributed by atoms with Gasteiger partial charge in [0, 0.05) is 12.3 Å². The number of nitro groups is 1. The standard InChI is InChI=1S/C14H8ClN3O4/c1-7-9(3-2-6-16-7)17-13(19)11-8(15)4-5-10(18(21)22)12(11)14(17)20/h2-6H,1H3. The van der Waals surface area contributed by atoms with Gasteiger partial charge in [-0.25, -0.2) is 4.90 Å². The molecule has 0 saturated heterocycles. The van der Waals surface area contributed by atoms with Crippen LogP contribution in [0.2, 0.25) is 5.02 Å². The largest absolute Gasteiger partial charge is 0.283 e. The summed E-state index contributed by atoms with van der Waals surface area (Å²) in [5.41, 5.74) is -0.147. The molecule has 0 aliphatic carbocycles. The second-order valence-electron chi connectivity index (χ2n) is 4.63. The fraction of sp³-hybridized carbons (Fsp3) is 0.0714. The van der Waals surface area contributed by atoms with Gasteiger partial charge in [-0.15, -0.1) is 0 Å². The van der Waals surface area contributed by atoms with Gasteiger partial charge in [0.05, 0.1) is 26.9 Å². The molecule has 22 heavy (non-hydrogen) atoms. The average molecular weight is 318 g/mol. The molecule has 0 atom stereocenters. The number of nitrogens with zero attached hydrogens (tertiary/aromatic N) is 3. The molecule has 0 radical (unpaired) electrons. The highest BCUT2D eigenvalue weighted by molar-refractivity contribution is 6.42. The Balaban J connectivity index is 2.26. The van der Waals surface area contributed by atoms with Crippen LogP contribution in [0.5, 0.6) is 0 Å². The molecule has 2 amide bonds. The first kappa shape index (κ1) is 14.2. The summed E-state index contributed by atoms with van der Waals surface area (Å²) < 4.78 is 0. The van der Waals surface area contributed by atoms with E-state index in [1.807, 2.05) is 0 Å². The maximum Gasteiger partial charge on any atom is 0.283 e. The summed E-state index contributed by atoms with van der Waals surface area (Å²) in [6, 6.07) is 5.47. The summed E-state index contributed by atoms with van der Waals surface area (Å²) in [5.74, 6) is -1.46. The predicted octanol–water partition coefficient (Wildman–Crippen LogP) is 2.75. The van der Waals surface area contributed by atoms with Crippen LogP contribution in [0.4, 0.5) is 11.4 Å². The van der Waals surface area contributed by atoms with Crippen LogP contribution < -0.4 is 4.90 Å². The molecule has 1 aliphatic heterocycles. The lowest BCUT2D eigenvalue weighted by Gasteiger charge is -2.15. The highest BCUT2D eigenvalue weighted by Crippen LogP contribution is 2.38. The minimum atomic E-state index is -0.773. The monoisotopic (exact) mass is 317 g/mol. The summed E-state index contributed by atoms with van der Waals surface area (Å²) in [6.45, 7) is 1.63. The van der Waals surface area contributed by atoms with Gasteiger partial charge in [0.15, 0.2) is 0 Å². The van der Waals surface area contributed by atoms with Crippen LogP contribution >= 0.6 is 11.6 Å². The van der Waals surface area contributed by atoms with Gasteiger partial charge in [-0.2, -0.15) is 0 Å². The second-order valence-corrected chi connectivity index (χ2v) is 5.03. The molecule has 8 heteroatoms. The second kappa shape index (κ2) is 4.88. The average Bonchev–Trinajstić information content (AvgIpc) is 2.73. The first-order valence-corrected chi connectivity index (χ1v) is 6.58. The number of aryl methyl sites for hydroxylation is 1. The van der Waals surface area contributed by atoms with Crippen molar-refractivity contribution in [2.75, 3.05) is 4.90 Å². The number of aromatic nitrogens is 1. The van der Waals surface area contributed by atoms with E-state index >= 15 is 0 Å². The Hall–Kier alpha value is -2.80. The summed E-state index contributed by atoms with van der Waals surface area (Å²) in [6.07, 6.45) is 1.52. The zero-order valence-electron chi connectivity index (χ0n) is 11.2. The Kier molecular flexibility index (Phi) is 3.14. The molecular formula is C14H8ClN3O4. The Morgan fingerprint density at radius 3 is 2.50 bits per heavy atom. The van der Waals surface area contributed by atoms with Gasteiger partial charge in [0.1, 0.15) is 5.56 Å². The lowest BCUT2D eigenvalue weighted by molar-refractivity contribution is -0.385. The summed E-state index contributed by atoms with van der Waals surface area (Å²) >= 11 is 5.96. The van der Waals surface area contributed by atoms with Crippen LogP contribution in [0.15, 0.2) is 30.5 Å². The maximum atomic E-state index is 12.6. The van der Waals surface area contributed by atoms with E-state index in [-0.39, 0.29) is 21.8 Å². The molecule has 0 spiro atoms. The maximum absolute atomic E-state index is 12.6. The lowest BCUT2D eigenvalue weighted by atomic mass is 10.1. The number of fused-ring (bicyclic) bond motifs is 1. The number of amides is 2. The molecule has 0 fully saturated rings. The van der Waals surface area contributed by atoms with Crippen molar-refractivity contribution in [3.63, 3.8) is 0 Å². The number of carbonyl (C=O) groups is 2. The number of benzene rings is 1. The van der Waals surface area contributed by atoms with Crippen LogP contribution in [0.25, 0.3) is 0 Å². The minimum absolute atomic E-state index is 0.00277. The quantitative estimate of drug-likeness (QED) is 0.482. The topological polar surface area (TPSA) is 93.4 Å². The van der Waals surface area contributed by atoms with Gasteiger partial charge in [-0.05, 0) is 25.1 Å². The van der Waals surface area contributed by atoms with E-state index in [4.69, 9.17) is 11.6 Å². The third-order valence-electron chi connectivity index (χ3n) is 3.38. The highest BCUT2D eigenvalue weighted by Gasteiger charge is 2.44. The number of rotatable bonds is 2. The van der Waals surface area contributed by atoms with Crippen LogP contribution in [0.1, 0.15) is 26.4 Å². The van der Waals surface area contributed by atoms with Crippen LogP contribution in [-0.4, -0.2) is 21.7 Å². The number of hydrogen-bond donors (Lipinski definition) is 0. The van der Waals surface area contributed by atoms with Gasteiger partial charge in [-0.3, -0.25) is 24.7 Å². The number of pyridine rings is 1. The van der Waals surface area contributed by atoms with E-state index in [9.17, 15) is 19.7 Å². The molecule has 1 aromatic heterocycles. The summed E-state index contributed by atoms with van der Waals surface area (Å²) in [7, 11) is 0. The van der Waals surface area contributed by atoms with Gasteiger partial charge < -0.3 is 0 Å². The van der Waals surface area contributed by atoms with Crippen molar-refractivity contribution in [2.24, 2.45) is 0 Å². The zero-order valence-corrected chi connectivity index (χ0v) is 12.0. The molecular weight excluding hydrogens is 310 g/mol. The Morgan fingerprint density at radius 1 is 1.18 bits per heavy atom. The lowest BCUT2D eigenvalue weighted by Crippen LogP contribution is -2.30. The van der Waals surface area contributed by atoms with Crippen molar-refractivity contribution < 1.29 is 14.5 Å². The highest BCUT2D eigenvalue weighted by atomic mass is 35.5. The van der Waals surface area contributed by atoms with Gasteiger partial charge in [0.2, 0.25) is 0 Å². The van der Waals surface area contributed by atoms with Crippen molar-refractivity contribution in [2.45, 2.75) is 6.92 Å². The van der Waals surface area contributed by atoms with Crippen molar-refractivity contribution >= 4 is 34.8 Å². The van der Waals surface area contributed by atoms with Crippen LogP contribution in [0, 0.1) is 17.0 Å². The molecule has 2 heterocycles. The van der Waals surface area contributed by atoms with E-state index in [1.54, 1.807) is 19.1 Å². The van der Waals surface area contributed by atoms with Crippen LogP contribution in [0.3, 0.4) is 0 Å². The summed E-state index contributed by atoms with van der Waals surface area (Å²) in [4.78, 5) is 40.4. The molecule has 0 saturated carbocycles. The smallest absolute Gasteiger partial charge is 0.268 e. The predicted molar refractivity (Wildman–Crippen MR) is 78.2 cm³/mol. The van der Waals surface area contributed by atoms with Gasteiger partial charge in [-0.1, -0.05) is 11.6 Å². The van der Waals surface area contributed by atoms with E-state index in [0.29, 0.717) is 5.69 Å². The normalized spacial score (nSPS) is 13.5. The van der Waals surface area contributed by atoms with E-state index in [2.05, 4.69) is 4.98 Å². The number of nitro benzene ring substituents is 1. The van der Waals surface area contributed by atoms with Crippen LogP contribution in [-0.2, 0) is 0 Å². The third-order valence-corrected chi connectivity index (χ3v) is 3.70. The van der Waals surface area contributed by atoms with Gasteiger partial charge >= 0.3 is 0 Å². The molecule has 3 rings (SSSR count). The SMILES string of the molecule is Cc1ncccc1N1C(=O)c2c(Cl)ccc([N+](=O)[O-])c2C1=O. The molecule has 2 aromatic rings. The van der Waals surface area contributed by atoms with E-state index in [0.717, 1.165) is 11.0 Å². The van der Waals surface area contributed by atoms with Crippen molar-refractivity contribution in [1.29, 1.82) is 0 Å². The Labute approximate surface area is 129 Å². The van der Waals surface area contributed by atoms with Crippen molar-refractivity contribution in [1.82, 2.24) is 4.98 Å². The molecule has 1 aliphatic rings. The zero-order chi connectivity index (χ0) is 16.0. The molecule has 0 unspecified atom stereocenters. The molecule has 0 bridgehead atoms. The summed E-state index contributed by atoms with van der Waals surface area (Å²) in [5, 5.41) is 11.1. The molecule has 110 valence electrons. The van der Waals surface area contributed by atoms with E-state index in [1.165, 1.54) is 12.3 Å². The fourth-order valence-electron chi connectivity index (χ4n) is 2.39. The molecule has 0 N–H and O–H groups in total. The Morgan fingerprint density at radius 2 is 1.86 bits per heavy atom. The molecule has 1 aromatic carbocycles. The van der Waals surface area contributed by atoms with E-state index < -0.39 is 22.4 Å². The number of carbonyl (C=O) groups excluding carboxylic acids is 2. The number of imide groups is 1. The van der Waals surface area contributed by atoms with Crippen molar-refractivity contribution in [3.05, 3.63) is 62.4 Å². The van der Waals surface area contributed by atoms with Crippen molar-refractivity contribution in [3.8, 4) is 0 Å². The third kappa shape index (κ3) is 1.86. The first-order chi connectivity index (χ1) is 10.4. The number of anilines is 1.